The Labute approximate surface area is 897 Å². The highest BCUT2D eigenvalue weighted by molar-refractivity contribution is 5.90. The number of anilines is 12. The number of hydrogen-bond donors (Lipinski definition) is 0. The number of hydrogen-bond acceptors (Lipinski definition) is 4. The van der Waals surface area contributed by atoms with E-state index in [-0.39, 0.29) is 27.1 Å². The molecule has 0 radical (unpaired) electrons. The van der Waals surface area contributed by atoms with E-state index in [1.807, 2.05) is 0 Å². The molecule has 0 atom stereocenters. The third-order valence-electron chi connectivity index (χ3n) is 33.1. The van der Waals surface area contributed by atoms with Gasteiger partial charge in [0.1, 0.15) is 0 Å². The maximum Gasteiger partial charge on any atom is 0.0520 e. The molecule has 0 aromatic heterocycles. The lowest BCUT2D eigenvalue weighted by Crippen LogP contribution is -2.26. The van der Waals surface area contributed by atoms with E-state index >= 15 is 0 Å². The number of nitrogens with zero attached hydrogens (tertiary/aromatic N) is 4. The molecule has 0 saturated heterocycles. The lowest BCUT2D eigenvalue weighted by molar-refractivity contribution is 0.397. The lowest BCUT2D eigenvalue weighted by Gasteiger charge is -2.34. The molecule has 1 aliphatic rings. The Hall–Kier alpha value is -10.2. The van der Waals surface area contributed by atoms with Gasteiger partial charge < -0.3 is 19.6 Å². The van der Waals surface area contributed by atoms with Gasteiger partial charge in [0.05, 0.1) is 34.1 Å². The molecule has 1 aliphatic carbocycles. The van der Waals surface area contributed by atoms with Crippen LogP contribution in [0.5, 0.6) is 0 Å². The molecule has 0 heterocycles. The first kappa shape index (κ1) is 114. The molecule has 13 rings (SSSR count). The van der Waals surface area contributed by atoms with E-state index in [2.05, 4.69) is 421 Å². The zero-order valence-electron chi connectivity index (χ0n) is 98.2. The van der Waals surface area contributed by atoms with Crippen LogP contribution in [0.25, 0.3) is 11.1 Å². The van der Waals surface area contributed by atoms with Crippen LogP contribution >= 0.6 is 0 Å². The van der Waals surface area contributed by atoms with Crippen LogP contribution in [0.3, 0.4) is 0 Å². The molecule has 0 aliphatic heterocycles. The van der Waals surface area contributed by atoms with E-state index in [9.17, 15) is 0 Å². The van der Waals surface area contributed by atoms with Crippen LogP contribution in [-0.4, -0.2) is 0 Å². The molecule has 0 amide bonds. The van der Waals surface area contributed by atoms with Crippen molar-refractivity contribution in [1.82, 2.24) is 0 Å². The van der Waals surface area contributed by atoms with Crippen molar-refractivity contribution < 1.29 is 0 Å². The first-order valence-corrected chi connectivity index (χ1v) is 58.6. The normalized spacial score (nSPS) is 12.6. The fraction of sp³-hybridized carbons (Fsp3) is 0.497. The molecule has 0 spiro atoms. The number of benzene rings is 12. The van der Waals surface area contributed by atoms with Crippen molar-refractivity contribution in [3.8, 4) is 11.1 Å². The Morgan fingerprint density at radius 3 is 0.626 bits per heavy atom. The molecule has 4 nitrogen and oxygen atoms in total. The SMILES string of the molecule is CCCCCCCCC1(CCCCCCCC)c2cc(C)c(CCCCCCCCc3ccc(N(c4ccc(N(c5c(C)cc(CCCC)cc5C)c5c(C)cc(C(C)(C)C)cc5C)cc4)c4c(C)cc(CCCC)cc4C)cc3)cc2-c2cc(CCCCCCCCc3ccc(N(c4ccc(N(c5c(C)cc(C(C)(C)C)cc5C)c5c(C)cc(C(C)(C)C)cc5C)cc4)c4c(C)cc(C(C)(C)C)cc4C)cc3)c(C)cc21. The van der Waals surface area contributed by atoms with Gasteiger partial charge >= 0.3 is 0 Å². The Balaban J connectivity index is 0.664. The van der Waals surface area contributed by atoms with Crippen LogP contribution < -0.4 is 19.6 Å². The van der Waals surface area contributed by atoms with Crippen molar-refractivity contribution in [3.05, 3.63) is 339 Å². The maximum atomic E-state index is 2.75. The molecule has 0 N–H and O–H groups in total. The molecular formula is C143H194N4. The number of unbranched alkanes of at least 4 members (excludes halogenated alkanes) is 22. The largest absolute Gasteiger partial charge is 0.310 e. The Morgan fingerprint density at radius 1 is 0.184 bits per heavy atom. The van der Waals surface area contributed by atoms with E-state index in [1.165, 1.54) is 378 Å². The zero-order chi connectivity index (χ0) is 106. The first-order valence-electron chi connectivity index (χ1n) is 58.6. The van der Waals surface area contributed by atoms with Gasteiger partial charge in [-0.2, -0.15) is 0 Å². The summed E-state index contributed by atoms with van der Waals surface area (Å²) in [6.07, 6.45) is 45.4. The summed E-state index contributed by atoms with van der Waals surface area (Å²) < 4.78 is 0. The smallest absolute Gasteiger partial charge is 0.0520 e. The summed E-state index contributed by atoms with van der Waals surface area (Å²) in [5, 5.41) is 0. The highest BCUT2D eigenvalue weighted by Gasteiger charge is 2.44. The summed E-state index contributed by atoms with van der Waals surface area (Å²) in [5.74, 6) is 0. The molecule has 0 fully saturated rings. The summed E-state index contributed by atoms with van der Waals surface area (Å²) in [6.45, 7) is 70.1. The molecule has 12 aromatic rings. The lowest BCUT2D eigenvalue weighted by atomic mass is 9.69. The van der Waals surface area contributed by atoms with E-state index in [0.29, 0.717) is 0 Å². The van der Waals surface area contributed by atoms with Crippen LogP contribution in [-0.2, 0) is 65.6 Å². The maximum absolute atomic E-state index is 2.75. The van der Waals surface area contributed by atoms with E-state index in [4.69, 9.17) is 0 Å². The van der Waals surface area contributed by atoms with Gasteiger partial charge in [0.25, 0.3) is 0 Å². The van der Waals surface area contributed by atoms with Crippen molar-refractivity contribution in [3.63, 3.8) is 0 Å². The second kappa shape index (κ2) is 51.1. The van der Waals surface area contributed by atoms with Gasteiger partial charge in [-0.25, -0.2) is 0 Å². The van der Waals surface area contributed by atoms with Crippen LogP contribution in [0.15, 0.2) is 194 Å². The molecule has 0 unspecified atom stereocenters. The van der Waals surface area contributed by atoms with E-state index in [1.54, 1.807) is 33.4 Å². The molecule has 0 bridgehead atoms. The summed E-state index contributed by atoms with van der Waals surface area (Å²) >= 11 is 0. The predicted molar refractivity (Wildman–Crippen MR) is 649 cm³/mol. The minimum atomic E-state index is 0.0341. The van der Waals surface area contributed by atoms with Crippen LogP contribution in [0, 0.1) is 96.9 Å². The Kier molecular flexibility index (Phi) is 39.6. The van der Waals surface area contributed by atoms with Crippen molar-refractivity contribution in [2.45, 2.75) is 466 Å². The molecule has 786 valence electrons. The van der Waals surface area contributed by atoms with E-state index < -0.39 is 0 Å². The predicted octanol–water partition coefficient (Wildman–Crippen LogP) is 43.8. The number of aryl methyl sites for hydroxylation is 20. The summed E-state index contributed by atoms with van der Waals surface area (Å²) in [4.78, 5) is 10.2. The van der Waals surface area contributed by atoms with Gasteiger partial charge in [-0.3, -0.25) is 0 Å². The average Bonchev–Trinajstić information content (AvgIpc) is 1.56. The Bertz CT molecular complexity index is 6120. The second-order valence-electron chi connectivity index (χ2n) is 49.9. The molecule has 12 aromatic carbocycles. The topological polar surface area (TPSA) is 13.0 Å². The molecule has 147 heavy (non-hydrogen) atoms. The summed E-state index contributed by atoms with van der Waals surface area (Å²) in [5.41, 5.74) is 54.5. The monoisotopic (exact) mass is 1970 g/mol. The fourth-order valence-electron chi connectivity index (χ4n) is 24.7. The molecule has 4 heteroatoms. The first-order chi connectivity index (χ1) is 70.1. The van der Waals surface area contributed by atoms with Crippen molar-refractivity contribution in [2.24, 2.45) is 0 Å². The average molecular weight is 1970 g/mol. The van der Waals surface area contributed by atoms with Crippen LogP contribution in [0.1, 0.15) is 448 Å². The minimum Gasteiger partial charge on any atom is -0.310 e. The third-order valence-corrected chi connectivity index (χ3v) is 33.1. The fourth-order valence-corrected chi connectivity index (χ4v) is 24.7. The van der Waals surface area contributed by atoms with Crippen LogP contribution in [0.2, 0.25) is 0 Å². The number of rotatable bonds is 50. The van der Waals surface area contributed by atoms with Gasteiger partial charge in [0.2, 0.25) is 0 Å². The highest BCUT2D eigenvalue weighted by atomic mass is 15.2. The zero-order valence-corrected chi connectivity index (χ0v) is 98.2. The van der Waals surface area contributed by atoms with Gasteiger partial charge in [0, 0.05) is 39.5 Å². The van der Waals surface area contributed by atoms with Gasteiger partial charge in [-0.05, 0) is 437 Å². The van der Waals surface area contributed by atoms with Gasteiger partial charge in [-0.1, -0.05) is 373 Å². The summed E-state index contributed by atoms with van der Waals surface area (Å²) in [7, 11) is 0. The van der Waals surface area contributed by atoms with Crippen molar-refractivity contribution in [2.75, 3.05) is 19.6 Å². The molecular weight excluding hydrogens is 1770 g/mol. The Morgan fingerprint density at radius 2 is 0.381 bits per heavy atom. The van der Waals surface area contributed by atoms with Crippen molar-refractivity contribution in [1.29, 1.82) is 0 Å². The van der Waals surface area contributed by atoms with Crippen molar-refractivity contribution >= 4 is 68.2 Å². The summed E-state index contributed by atoms with van der Waals surface area (Å²) in [6, 6.07) is 78.6. The van der Waals surface area contributed by atoms with Gasteiger partial charge in [0.15, 0.2) is 0 Å². The standard InChI is InChI=1S/C143H194N4/c1-31-35-39-41-51-57-81-143(82-58-52-42-40-36-32-2)131-95-99(5)117(63-55-49-45-43-47-53-61-113-65-69-123(70-66-113)144(133-101(7)83-115(59-37-33-3)84-102(133)8)125-73-77-127(78-74-125)146(135-103(9)85-116(60-38-34-4)86-104(135)10)136-107(13)89-120(90-108(136)14)140(22,23)24)97-129(131)130-98-118(100(6)96-132(130)143)64-56-50-46-44-48-54-62-114-67-71-124(72-68-114)145(134-105(11)87-119(88-106(134)12)139(19,20)21)126-75-79-128(80-76-126)147(137-109(15)91-121(92-110(137)16)141(25,26)27)138-111(17)93-122(94-112(138)18)142(28,29)30/h65-80,83-98H,31-64,81-82H2,1-30H3. The second-order valence-corrected chi connectivity index (χ2v) is 49.9. The highest BCUT2D eigenvalue weighted by Crippen LogP contribution is 2.57. The molecule has 0 saturated carbocycles. The minimum absolute atomic E-state index is 0.0341. The van der Waals surface area contributed by atoms with E-state index in [0.717, 1.165) is 43.5 Å². The van der Waals surface area contributed by atoms with Crippen LogP contribution in [0.4, 0.5) is 68.2 Å². The third kappa shape index (κ3) is 28.2. The van der Waals surface area contributed by atoms with Gasteiger partial charge in [-0.15, -0.1) is 0 Å². The number of fused-ring (bicyclic) bond motifs is 3. The quantitative estimate of drug-likeness (QED) is 0.0352.